The van der Waals surface area contributed by atoms with Gasteiger partial charge in [0.2, 0.25) is 0 Å². The van der Waals surface area contributed by atoms with Crippen LogP contribution in [-0.4, -0.2) is 20.1 Å². The van der Waals surface area contributed by atoms with Crippen LogP contribution >= 0.6 is 11.6 Å². The van der Waals surface area contributed by atoms with Crippen LogP contribution in [-0.2, 0) is 0 Å². The summed E-state index contributed by atoms with van der Waals surface area (Å²) in [6.07, 6.45) is 3.27. The van der Waals surface area contributed by atoms with Crippen molar-refractivity contribution in [3.63, 3.8) is 0 Å². The lowest BCUT2D eigenvalue weighted by Crippen LogP contribution is -1.92. The largest absolute Gasteiger partial charge is 0.504 e. The Bertz CT molecular complexity index is 962. The SMILES string of the molecule is O=[N+]([O-])c1cccc2ccc(/C=C/c3cc(O)c(O)c(Cl)c3)nc12. The highest BCUT2D eigenvalue weighted by Gasteiger charge is 2.12. The van der Waals surface area contributed by atoms with E-state index in [0.29, 0.717) is 22.2 Å². The predicted octanol–water partition coefficient (Wildman–Crippen LogP) is 4.38. The van der Waals surface area contributed by atoms with Crippen molar-refractivity contribution in [1.29, 1.82) is 0 Å². The third-order valence-electron chi connectivity index (χ3n) is 3.43. The van der Waals surface area contributed by atoms with Crippen LogP contribution in [0, 0.1) is 10.1 Å². The summed E-state index contributed by atoms with van der Waals surface area (Å²) < 4.78 is 0. The molecule has 0 radical (unpaired) electrons. The summed E-state index contributed by atoms with van der Waals surface area (Å²) in [5, 5.41) is 30.8. The lowest BCUT2D eigenvalue weighted by atomic mass is 10.1. The second kappa shape index (κ2) is 6.17. The van der Waals surface area contributed by atoms with Crippen LogP contribution in [0.1, 0.15) is 11.3 Å². The molecule has 0 aliphatic rings. The maximum absolute atomic E-state index is 11.1. The van der Waals surface area contributed by atoms with Crippen LogP contribution in [0.2, 0.25) is 5.02 Å². The number of nitro benzene ring substituents is 1. The van der Waals surface area contributed by atoms with Crippen molar-refractivity contribution in [3.05, 3.63) is 68.9 Å². The number of nitro groups is 1. The number of aromatic hydroxyl groups is 2. The summed E-state index contributed by atoms with van der Waals surface area (Å²) in [6.45, 7) is 0. The van der Waals surface area contributed by atoms with Crippen LogP contribution in [0.3, 0.4) is 0 Å². The van der Waals surface area contributed by atoms with E-state index in [2.05, 4.69) is 4.98 Å². The Morgan fingerprint density at radius 1 is 1.12 bits per heavy atom. The summed E-state index contributed by atoms with van der Waals surface area (Å²) >= 11 is 5.80. The number of hydrogen-bond donors (Lipinski definition) is 2. The van der Waals surface area contributed by atoms with Crippen LogP contribution < -0.4 is 0 Å². The molecule has 3 aromatic rings. The smallest absolute Gasteiger partial charge is 0.295 e. The molecule has 2 aromatic carbocycles. The third-order valence-corrected chi connectivity index (χ3v) is 3.72. The first-order chi connectivity index (χ1) is 11.5. The number of aromatic nitrogens is 1. The number of phenolic OH excluding ortho intramolecular Hbond substituents is 2. The summed E-state index contributed by atoms with van der Waals surface area (Å²) in [6, 6.07) is 11.1. The summed E-state index contributed by atoms with van der Waals surface area (Å²) in [5.41, 5.74) is 1.31. The normalized spacial score (nSPS) is 11.2. The van der Waals surface area contributed by atoms with Gasteiger partial charge < -0.3 is 10.2 Å². The monoisotopic (exact) mass is 342 g/mol. The average Bonchev–Trinajstić information content (AvgIpc) is 2.56. The predicted molar refractivity (Wildman–Crippen MR) is 92.1 cm³/mol. The Morgan fingerprint density at radius 2 is 1.92 bits per heavy atom. The number of nitrogens with zero attached hydrogens (tertiary/aromatic N) is 2. The summed E-state index contributed by atoms with van der Waals surface area (Å²) in [7, 11) is 0. The van der Waals surface area contributed by atoms with Crippen molar-refractivity contribution in [2.45, 2.75) is 0 Å². The van der Waals surface area contributed by atoms with Gasteiger partial charge in [-0.15, -0.1) is 0 Å². The van der Waals surface area contributed by atoms with Gasteiger partial charge in [0.25, 0.3) is 5.69 Å². The van der Waals surface area contributed by atoms with Gasteiger partial charge in [-0.2, -0.15) is 0 Å². The Morgan fingerprint density at radius 3 is 2.62 bits per heavy atom. The molecular formula is C17H11ClN2O4. The van der Waals surface area contributed by atoms with E-state index < -0.39 is 4.92 Å². The standard InChI is InChI=1S/C17H11ClN2O4/c18-13-8-10(9-15(21)17(13)22)4-6-12-7-5-11-2-1-3-14(20(23)24)16(11)19-12/h1-9,21-22H/b6-4+. The second-order valence-electron chi connectivity index (χ2n) is 5.05. The van der Waals surface area contributed by atoms with Gasteiger partial charge in [0.1, 0.15) is 5.52 Å². The zero-order valence-electron chi connectivity index (χ0n) is 12.2. The summed E-state index contributed by atoms with van der Waals surface area (Å²) in [4.78, 5) is 14.9. The van der Waals surface area contributed by atoms with Crippen molar-refractivity contribution in [3.8, 4) is 11.5 Å². The Balaban J connectivity index is 2.01. The number of para-hydroxylation sites is 1. The highest BCUT2D eigenvalue weighted by molar-refractivity contribution is 6.32. The molecule has 3 rings (SSSR count). The fraction of sp³-hybridized carbons (Fsp3) is 0. The highest BCUT2D eigenvalue weighted by Crippen LogP contribution is 2.34. The zero-order chi connectivity index (χ0) is 17.3. The van der Waals surface area contributed by atoms with Crippen LogP contribution in [0.15, 0.2) is 42.5 Å². The van der Waals surface area contributed by atoms with Crippen molar-refractivity contribution in [2.75, 3.05) is 0 Å². The van der Waals surface area contributed by atoms with Gasteiger partial charge in [0.05, 0.1) is 15.6 Å². The third kappa shape index (κ3) is 3.00. The van der Waals surface area contributed by atoms with E-state index in [1.54, 1.807) is 36.4 Å². The minimum absolute atomic E-state index is 0.0248. The maximum Gasteiger partial charge on any atom is 0.295 e. The van der Waals surface area contributed by atoms with Gasteiger partial charge >= 0.3 is 0 Å². The van der Waals surface area contributed by atoms with Crippen LogP contribution in [0.4, 0.5) is 5.69 Å². The Kier molecular flexibility index (Phi) is 4.05. The number of phenols is 2. The van der Waals surface area contributed by atoms with E-state index in [1.165, 1.54) is 18.2 Å². The van der Waals surface area contributed by atoms with Gasteiger partial charge in [0, 0.05) is 11.5 Å². The lowest BCUT2D eigenvalue weighted by Gasteiger charge is -2.02. The van der Waals surface area contributed by atoms with E-state index in [4.69, 9.17) is 11.6 Å². The van der Waals surface area contributed by atoms with Gasteiger partial charge in [-0.3, -0.25) is 10.1 Å². The zero-order valence-corrected chi connectivity index (χ0v) is 12.9. The van der Waals surface area contributed by atoms with Gasteiger partial charge in [-0.1, -0.05) is 35.9 Å². The van der Waals surface area contributed by atoms with Crippen molar-refractivity contribution >= 4 is 40.3 Å². The minimum atomic E-state index is -0.472. The first-order valence-electron chi connectivity index (χ1n) is 6.89. The first-order valence-corrected chi connectivity index (χ1v) is 7.27. The molecule has 0 saturated heterocycles. The van der Waals surface area contributed by atoms with Gasteiger partial charge in [-0.25, -0.2) is 4.98 Å². The molecule has 0 unspecified atom stereocenters. The van der Waals surface area contributed by atoms with Crippen molar-refractivity contribution in [1.82, 2.24) is 4.98 Å². The number of non-ortho nitro benzene ring substituents is 1. The molecule has 0 spiro atoms. The first kappa shape index (κ1) is 15.8. The molecule has 0 fully saturated rings. The molecule has 0 aliphatic carbocycles. The van der Waals surface area contributed by atoms with Crippen LogP contribution in [0.25, 0.3) is 23.1 Å². The molecule has 1 heterocycles. The molecule has 7 heteroatoms. The Hall–Kier alpha value is -3.12. The molecule has 24 heavy (non-hydrogen) atoms. The van der Waals surface area contributed by atoms with Crippen molar-refractivity contribution in [2.24, 2.45) is 0 Å². The molecule has 0 amide bonds. The number of halogens is 1. The number of hydrogen-bond acceptors (Lipinski definition) is 5. The van der Waals surface area contributed by atoms with E-state index in [1.807, 2.05) is 0 Å². The molecular weight excluding hydrogens is 332 g/mol. The Labute approximate surface area is 141 Å². The molecule has 6 nitrogen and oxygen atoms in total. The van der Waals surface area contributed by atoms with Gasteiger partial charge in [0.15, 0.2) is 11.5 Å². The highest BCUT2D eigenvalue weighted by atomic mass is 35.5. The fourth-order valence-electron chi connectivity index (χ4n) is 2.27. The quantitative estimate of drug-likeness (QED) is 0.418. The molecule has 1 aromatic heterocycles. The molecule has 120 valence electrons. The van der Waals surface area contributed by atoms with E-state index >= 15 is 0 Å². The number of fused-ring (bicyclic) bond motifs is 1. The lowest BCUT2D eigenvalue weighted by molar-refractivity contribution is -0.383. The van der Waals surface area contributed by atoms with E-state index in [0.717, 1.165) is 0 Å². The molecule has 0 atom stereocenters. The molecule has 2 N–H and O–H groups in total. The van der Waals surface area contributed by atoms with Gasteiger partial charge in [-0.05, 0) is 29.8 Å². The minimum Gasteiger partial charge on any atom is -0.504 e. The number of rotatable bonds is 3. The number of pyridine rings is 1. The number of benzene rings is 2. The topological polar surface area (TPSA) is 96.5 Å². The van der Waals surface area contributed by atoms with Crippen molar-refractivity contribution < 1.29 is 15.1 Å². The van der Waals surface area contributed by atoms with Crippen LogP contribution in [0.5, 0.6) is 11.5 Å². The summed E-state index contributed by atoms with van der Waals surface area (Å²) in [5.74, 6) is -0.711. The fourth-order valence-corrected chi connectivity index (χ4v) is 2.49. The average molecular weight is 343 g/mol. The molecule has 0 saturated carbocycles. The van der Waals surface area contributed by atoms with E-state index in [-0.39, 0.29) is 22.2 Å². The second-order valence-corrected chi connectivity index (χ2v) is 5.45. The molecule has 0 aliphatic heterocycles. The maximum atomic E-state index is 11.1. The van der Waals surface area contributed by atoms with E-state index in [9.17, 15) is 20.3 Å². The molecule has 0 bridgehead atoms.